The molecule has 1 saturated carbocycles. The van der Waals surface area contributed by atoms with Gasteiger partial charge in [0, 0.05) is 25.2 Å². The number of nitrogens with zero attached hydrogens (tertiary/aromatic N) is 1. The molecule has 0 heterocycles. The van der Waals surface area contributed by atoms with Crippen molar-refractivity contribution >= 4 is 0 Å². The summed E-state index contributed by atoms with van der Waals surface area (Å²) in [5.74, 6) is 0.653. The Bertz CT molecular complexity index is 569. The fourth-order valence-corrected chi connectivity index (χ4v) is 3.37. The minimum Gasteiger partial charge on any atom is -0.396 e. The van der Waals surface area contributed by atoms with Crippen LogP contribution in [0.25, 0.3) is 0 Å². The highest BCUT2D eigenvalue weighted by Crippen LogP contribution is 2.43. The second kappa shape index (κ2) is 7.08. The van der Waals surface area contributed by atoms with Gasteiger partial charge in [0.15, 0.2) is 0 Å². The zero-order valence-electron chi connectivity index (χ0n) is 13.2. The smallest absolute Gasteiger partial charge is 0.0434 e. The zero-order valence-corrected chi connectivity index (χ0v) is 13.2. The Hall–Kier alpha value is -1.64. The van der Waals surface area contributed by atoms with Gasteiger partial charge in [0.05, 0.1) is 0 Å². The molecule has 0 amide bonds. The van der Waals surface area contributed by atoms with E-state index in [1.165, 1.54) is 17.5 Å². The van der Waals surface area contributed by atoms with E-state index in [4.69, 9.17) is 0 Å². The van der Waals surface area contributed by atoms with Gasteiger partial charge in [0.1, 0.15) is 0 Å². The van der Waals surface area contributed by atoms with Crippen molar-refractivity contribution in [2.45, 2.75) is 38.4 Å². The molecule has 0 aromatic heterocycles. The first-order valence-electron chi connectivity index (χ1n) is 8.25. The van der Waals surface area contributed by atoms with Gasteiger partial charge in [-0.3, -0.25) is 4.90 Å². The highest BCUT2D eigenvalue weighted by atomic mass is 16.3. The number of benzene rings is 2. The SMILES string of the molecule is C[C@H](c1ccccc1)N(Cc1ccccc1)C1CC1CCO. The maximum absolute atomic E-state index is 9.20. The quantitative estimate of drug-likeness (QED) is 0.834. The van der Waals surface area contributed by atoms with E-state index in [0.29, 0.717) is 24.6 Å². The summed E-state index contributed by atoms with van der Waals surface area (Å²) in [5.41, 5.74) is 2.73. The van der Waals surface area contributed by atoms with Crippen molar-refractivity contribution in [1.82, 2.24) is 4.90 Å². The normalized spacial score (nSPS) is 21.8. The van der Waals surface area contributed by atoms with Crippen LogP contribution < -0.4 is 0 Å². The summed E-state index contributed by atoms with van der Waals surface area (Å²) in [5, 5.41) is 9.20. The number of hydrogen-bond donors (Lipinski definition) is 1. The van der Waals surface area contributed by atoms with Crippen LogP contribution in [0.4, 0.5) is 0 Å². The lowest BCUT2D eigenvalue weighted by atomic mass is 10.1. The standard InChI is InChI=1S/C20H25NO/c1-16(18-10-6-3-7-11-18)21(20-14-19(20)12-13-22)15-17-8-4-2-5-9-17/h2-11,16,19-20,22H,12-15H2,1H3/t16-,19?,20?/m1/s1. The number of aliphatic hydroxyl groups excluding tert-OH is 1. The van der Waals surface area contributed by atoms with E-state index in [-0.39, 0.29) is 0 Å². The molecule has 2 aromatic rings. The Balaban J connectivity index is 1.77. The van der Waals surface area contributed by atoms with Crippen molar-refractivity contribution in [2.75, 3.05) is 6.61 Å². The first-order valence-corrected chi connectivity index (χ1v) is 8.25. The van der Waals surface area contributed by atoms with E-state index in [0.717, 1.165) is 13.0 Å². The molecule has 1 N–H and O–H groups in total. The van der Waals surface area contributed by atoms with E-state index in [1.807, 2.05) is 0 Å². The second-order valence-electron chi connectivity index (χ2n) is 6.32. The summed E-state index contributed by atoms with van der Waals surface area (Å²) in [6, 6.07) is 22.4. The van der Waals surface area contributed by atoms with Crippen molar-refractivity contribution in [1.29, 1.82) is 0 Å². The molecule has 22 heavy (non-hydrogen) atoms. The first-order chi connectivity index (χ1) is 10.8. The van der Waals surface area contributed by atoms with Gasteiger partial charge in [-0.2, -0.15) is 0 Å². The van der Waals surface area contributed by atoms with Gasteiger partial charge in [-0.25, -0.2) is 0 Å². The summed E-state index contributed by atoms with van der Waals surface area (Å²) in [4.78, 5) is 2.60. The summed E-state index contributed by atoms with van der Waals surface area (Å²) in [6.45, 7) is 3.58. The molecule has 116 valence electrons. The van der Waals surface area contributed by atoms with Crippen LogP contribution in [0, 0.1) is 5.92 Å². The van der Waals surface area contributed by atoms with Crippen molar-refractivity contribution < 1.29 is 5.11 Å². The molecule has 3 atom stereocenters. The molecule has 2 aromatic carbocycles. The minimum absolute atomic E-state index is 0.306. The third-order valence-corrected chi connectivity index (χ3v) is 4.80. The molecule has 3 rings (SSSR count). The highest BCUT2D eigenvalue weighted by Gasteiger charge is 2.42. The topological polar surface area (TPSA) is 23.5 Å². The molecule has 1 fully saturated rings. The molecule has 2 nitrogen and oxygen atoms in total. The Morgan fingerprint density at radius 1 is 1.05 bits per heavy atom. The monoisotopic (exact) mass is 295 g/mol. The van der Waals surface area contributed by atoms with Crippen molar-refractivity contribution in [2.24, 2.45) is 5.92 Å². The molecule has 0 radical (unpaired) electrons. The van der Waals surface area contributed by atoms with E-state index < -0.39 is 0 Å². The van der Waals surface area contributed by atoms with Crippen molar-refractivity contribution in [3.05, 3.63) is 71.8 Å². The molecule has 0 spiro atoms. The van der Waals surface area contributed by atoms with Crippen LogP contribution in [0.5, 0.6) is 0 Å². The Morgan fingerprint density at radius 2 is 1.68 bits per heavy atom. The van der Waals surface area contributed by atoms with Crippen LogP contribution in [0.15, 0.2) is 60.7 Å². The largest absolute Gasteiger partial charge is 0.396 e. The summed E-state index contributed by atoms with van der Waals surface area (Å²) < 4.78 is 0. The average molecular weight is 295 g/mol. The van der Waals surface area contributed by atoms with E-state index in [2.05, 4.69) is 72.5 Å². The highest BCUT2D eigenvalue weighted by molar-refractivity contribution is 5.21. The fraction of sp³-hybridized carbons (Fsp3) is 0.400. The summed E-state index contributed by atoms with van der Waals surface area (Å²) in [7, 11) is 0. The van der Waals surface area contributed by atoms with Crippen LogP contribution in [0.3, 0.4) is 0 Å². The van der Waals surface area contributed by atoms with Crippen LogP contribution >= 0.6 is 0 Å². The molecule has 1 aliphatic carbocycles. The predicted molar refractivity (Wildman–Crippen MR) is 90.4 cm³/mol. The molecule has 2 heteroatoms. The lowest BCUT2D eigenvalue weighted by Crippen LogP contribution is -2.30. The van der Waals surface area contributed by atoms with Crippen molar-refractivity contribution in [3.63, 3.8) is 0 Å². The van der Waals surface area contributed by atoms with Gasteiger partial charge in [-0.15, -0.1) is 0 Å². The van der Waals surface area contributed by atoms with Crippen LogP contribution in [-0.2, 0) is 6.54 Å². The Kier molecular flexibility index (Phi) is 4.91. The number of hydrogen-bond acceptors (Lipinski definition) is 2. The Morgan fingerprint density at radius 3 is 2.32 bits per heavy atom. The third kappa shape index (κ3) is 3.57. The first kappa shape index (κ1) is 15.3. The average Bonchev–Trinajstić information content (AvgIpc) is 3.33. The summed E-state index contributed by atoms with van der Waals surface area (Å²) in [6.07, 6.45) is 2.14. The van der Waals surface area contributed by atoms with E-state index in [1.54, 1.807) is 0 Å². The van der Waals surface area contributed by atoms with E-state index >= 15 is 0 Å². The van der Waals surface area contributed by atoms with Gasteiger partial charge in [-0.05, 0) is 36.8 Å². The van der Waals surface area contributed by atoms with Crippen LogP contribution in [0.1, 0.15) is 36.9 Å². The van der Waals surface area contributed by atoms with Gasteiger partial charge >= 0.3 is 0 Å². The molecule has 0 aliphatic heterocycles. The minimum atomic E-state index is 0.306. The van der Waals surface area contributed by atoms with Gasteiger partial charge in [0.25, 0.3) is 0 Å². The molecular weight excluding hydrogens is 270 g/mol. The van der Waals surface area contributed by atoms with Crippen LogP contribution in [0.2, 0.25) is 0 Å². The van der Waals surface area contributed by atoms with Crippen LogP contribution in [-0.4, -0.2) is 22.7 Å². The number of rotatable bonds is 7. The van der Waals surface area contributed by atoms with Crippen molar-refractivity contribution in [3.8, 4) is 0 Å². The fourth-order valence-electron chi connectivity index (χ4n) is 3.37. The van der Waals surface area contributed by atoms with Gasteiger partial charge in [-0.1, -0.05) is 60.7 Å². The van der Waals surface area contributed by atoms with Gasteiger partial charge in [0.2, 0.25) is 0 Å². The maximum Gasteiger partial charge on any atom is 0.0434 e. The lowest BCUT2D eigenvalue weighted by Gasteiger charge is -2.30. The third-order valence-electron chi connectivity index (χ3n) is 4.80. The molecule has 1 aliphatic rings. The maximum atomic E-state index is 9.20. The predicted octanol–water partition coefficient (Wildman–Crippen LogP) is 4.02. The Labute approximate surface area is 133 Å². The molecular formula is C20H25NO. The number of aliphatic hydroxyl groups is 1. The van der Waals surface area contributed by atoms with E-state index in [9.17, 15) is 5.11 Å². The molecule has 0 saturated heterocycles. The summed E-state index contributed by atoms with van der Waals surface area (Å²) >= 11 is 0. The van der Waals surface area contributed by atoms with Gasteiger partial charge < -0.3 is 5.11 Å². The lowest BCUT2D eigenvalue weighted by molar-refractivity contribution is 0.174. The second-order valence-corrected chi connectivity index (χ2v) is 6.32. The molecule has 2 unspecified atom stereocenters. The zero-order chi connectivity index (χ0) is 15.4. The molecule has 0 bridgehead atoms.